The highest BCUT2D eigenvalue weighted by Crippen LogP contribution is 2.10. The second kappa shape index (κ2) is 7.57. The number of hydrogen-bond donors (Lipinski definition) is 1. The van der Waals surface area contributed by atoms with Gasteiger partial charge in [0.05, 0.1) is 24.6 Å². The van der Waals surface area contributed by atoms with Crippen LogP contribution in [0, 0.1) is 5.82 Å². The summed E-state index contributed by atoms with van der Waals surface area (Å²) in [6.45, 7) is 3.21. The van der Waals surface area contributed by atoms with Crippen molar-refractivity contribution >= 4 is 17.7 Å². The van der Waals surface area contributed by atoms with Crippen molar-refractivity contribution in [3.63, 3.8) is 0 Å². The first-order valence-corrected chi connectivity index (χ1v) is 7.91. The number of anilines is 1. The number of aromatic nitrogens is 4. The van der Waals surface area contributed by atoms with Crippen LogP contribution in [0.3, 0.4) is 0 Å². The third-order valence-electron chi connectivity index (χ3n) is 3.54. The molecule has 0 saturated heterocycles. The predicted octanol–water partition coefficient (Wildman–Crippen LogP) is 2.94. The summed E-state index contributed by atoms with van der Waals surface area (Å²) in [6.07, 6.45) is 9.96. The summed E-state index contributed by atoms with van der Waals surface area (Å²) in [5, 5.41) is 11.0. The molecule has 2 aromatic heterocycles. The van der Waals surface area contributed by atoms with Crippen LogP contribution in [-0.2, 0) is 17.9 Å². The maximum Gasteiger partial charge on any atom is 0.248 e. The van der Waals surface area contributed by atoms with E-state index in [2.05, 4.69) is 15.5 Å². The van der Waals surface area contributed by atoms with Gasteiger partial charge < -0.3 is 5.32 Å². The molecule has 0 spiro atoms. The summed E-state index contributed by atoms with van der Waals surface area (Å²) >= 11 is 0. The minimum atomic E-state index is -0.283. The lowest BCUT2D eigenvalue weighted by molar-refractivity contribution is -0.111. The average Bonchev–Trinajstić information content (AvgIpc) is 3.22. The Balaban J connectivity index is 1.58. The molecule has 7 heteroatoms. The lowest BCUT2D eigenvalue weighted by Crippen LogP contribution is -2.07. The standard InChI is InChI=1S/C18H18FN5O/c1-2-23-12-15(9-20-23)6-7-18(25)22-17-10-21-24(13-17)11-14-4-3-5-16(19)8-14/h3-10,12-13H,2,11H2,1H3,(H,22,25)/b7-6+. The quantitative estimate of drug-likeness (QED) is 0.702. The van der Waals surface area contributed by atoms with E-state index in [0.29, 0.717) is 12.2 Å². The summed E-state index contributed by atoms with van der Waals surface area (Å²) < 4.78 is 16.6. The summed E-state index contributed by atoms with van der Waals surface area (Å²) in [5.74, 6) is -0.538. The molecule has 6 nitrogen and oxygen atoms in total. The van der Waals surface area contributed by atoms with E-state index in [1.165, 1.54) is 18.2 Å². The molecule has 0 aliphatic carbocycles. The number of rotatable bonds is 6. The van der Waals surface area contributed by atoms with Crippen molar-refractivity contribution in [1.82, 2.24) is 19.6 Å². The van der Waals surface area contributed by atoms with Crippen molar-refractivity contribution in [3.05, 3.63) is 72.1 Å². The fourth-order valence-corrected chi connectivity index (χ4v) is 2.33. The monoisotopic (exact) mass is 339 g/mol. The molecule has 1 aromatic carbocycles. The van der Waals surface area contributed by atoms with Crippen LogP contribution in [0.15, 0.2) is 55.1 Å². The number of amides is 1. The van der Waals surface area contributed by atoms with Crippen molar-refractivity contribution in [2.75, 3.05) is 5.32 Å². The number of halogens is 1. The van der Waals surface area contributed by atoms with Gasteiger partial charge in [-0.15, -0.1) is 0 Å². The summed E-state index contributed by atoms with van der Waals surface area (Å²) in [7, 11) is 0. The van der Waals surface area contributed by atoms with E-state index >= 15 is 0 Å². The number of benzene rings is 1. The molecule has 0 radical (unpaired) electrons. The molecule has 0 atom stereocenters. The lowest BCUT2D eigenvalue weighted by atomic mass is 10.2. The molecule has 0 fully saturated rings. The van der Waals surface area contributed by atoms with Crippen LogP contribution in [0.1, 0.15) is 18.1 Å². The van der Waals surface area contributed by atoms with Crippen LogP contribution >= 0.6 is 0 Å². The molecule has 1 amide bonds. The van der Waals surface area contributed by atoms with Gasteiger partial charge in [-0.25, -0.2) is 4.39 Å². The SMILES string of the molecule is CCn1cc(/C=C/C(=O)Nc2cnn(Cc3cccc(F)c3)c2)cn1. The van der Waals surface area contributed by atoms with Gasteiger partial charge in [-0.05, 0) is 30.7 Å². The molecule has 128 valence electrons. The van der Waals surface area contributed by atoms with Gasteiger partial charge in [0.2, 0.25) is 5.91 Å². The Bertz CT molecular complexity index is 896. The van der Waals surface area contributed by atoms with Crippen molar-refractivity contribution in [3.8, 4) is 0 Å². The van der Waals surface area contributed by atoms with E-state index in [-0.39, 0.29) is 11.7 Å². The predicted molar refractivity (Wildman–Crippen MR) is 93.3 cm³/mol. The van der Waals surface area contributed by atoms with Gasteiger partial charge in [-0.3, -0.25) is 14.2 Å². The number of aryl methyl sites for hydroxylation is 1. The summed E-state index contributed by atoms with van der Waals surface area (Å²) in [4.78, 5) is 12.0. The maximum absolute atomic E-state index is 13.2. The summed E-state index contributed by atoms with van der Waals surface area (Å²) in [6, 6.07) is 6.33. The Labute approximate surface area is 144 Å². The van der Waals surface area contributed by atoms with Crippen LogP contribution in [0.4, 0.5) is 10.1 Å². The van der Waals surface area contributed by atoms with Crippen LogP contribution in [-0.4, -0.2) is 25.5 Å². The molecule has 2 heterocycles. The molecule has 0 aliphatic rings. The van der Waals surface area contributed by atoms with Crippen LogP contribution in [0.5, 0.6) is 0 Å². The first kappa shape index (κ1) is 16.6. The van der Waals surface area contributed by atoms with Gasteiger partial charge in [0.25, 0.3) is 0 Å². The Morgan fingerprint density at radius 2 is 2.08 bits per heavy atom. The maximum atomic E-state index is 13.2. The molecule has 3 aromatic rings. The first-order valence-electron chi connectivity index (χ1n) is 7.91. The highest BCUT2D eigenvalue weighted by atomic mass is 19.1. The molecular formula is C18H18FN5O. The van der Waals surface area contributed by atoms with Crippen molar-refractivity contribution in [2.45, 2.75) is 20.0 Å². The van der Waals surface area contributed by atoms with Gasteiger partial charge in [-0.1, -0.05) is 12.1 Å². The van der Waals surface area contributed by atoms with E-state index in [0.717, 1.165) is 17.7 Å². The van der Waals surface area contributed by atoms with Crippen molar-refractivity contribution in [2.24, 2.45) is 0 Å². The second-order valence-corrected chi connectivity index (χ2v) is 5.51. The van der Waals surface area contributed by atoms with Crippen molar-refractivity contribution in [1.29, 1.82) is 0 Å². The van der Waals surface area contributed by atoms with Crippen LogP contribution in [0.2, 0.25) is 0 Å². The lowest BCUT2D eigenvalue weighted by Gasteiger charge is -2.01. The third-order valence-corrected chi connectivity index (χ3v) is 3.54. The number of carbonyl (C=O) groups excluding carboxylic acids is 1. The highest BCUT2D eigenvalue weighted by Gasteiger charge is 2.03. The molecule has 0 saturated carbocycles. The Morgan fingerprint density at radius 3 is 2.84 bits per heavy atom. The third kappa shape index (κ3) is 4.63. The van der Waals surface area contributed by atoms with Gasteiger partial charge in [0, 0.05) is 30.6 Å². The fourth-order valence-electron chi connectivity index (χ4n) is 2.33. The highest BCUT2D eigenvalue weighted by molar-refractivity contribution is 6.01. The minimum absolute atomic E-state index is 0.255. The van der Waals surface area contributed by atoms with E-state index in [1.807, 2.05) is 19.2 Å². The first-order chi connectivity index (χ1) is 12.1. The Hall–Kier alpha value is -3.22. The molecule has 25 heavy (non-hydrogen) atoms. The van der Waals surface area contributed by atoms with Crippen LogP contribution in [0.25, 0.3) is 6.08 Å². The Kier molecular flexibility index (Phi) is 5.03. The van der Waals surface area contributed by atoms with Gasteiger partial charge in [0.15, 0.2) is 0 Å². The molecule has 0 bridgehead atoms. The zero-order valence-corrected chi connectivity index (χ0v) is 13.8. The Morgan fingerprint density at radius 1 is 1.24 bits per heavy atom. The van der Waals surface area contributed by atoms with Gasteiger partial charge in [0.1, 0.15) is 5.82 Å². The van der Waals surface area contributed by atoms with Gasteiger partial charge >= 0.3 is 0 Å². The normalized spacial score (nSPS) is 11.1. The fraction of sp³-hybridized carbons (Fsp3) is 0.167. The van der Waals surface area contributed by atoms with Crippen molar-refractivity contribution < 1.29 is 9.18 Å². The average molecular weight is 339 g/mol. The minimum Gasteiger partial charge on any atom is -0.320 e. The molecular weight excluding hydrogens is 321 g/mol. The van der Waals surface area contributed by atoms with Gasteiger partial charge in [-0.2, -0.15) is 10.2 Å². The topological polar surface area (TPSA) is 64.7 Å². The number of nitrogens with one attached hydrogen (secondary N) is 1. The zero-order chi connectivity index (χ0) is 17.6. The molecule has 0 unspecified atom stereocenters. The van der Waals surface area contributed by atoms with Crippen LogP contribution < -0.4 is 5.32 Å². The smallest absolute Gasteiger partial charge is 0.248 e. The second-order valence-electron chi connectivity index (χ2n) is 5.51. The van der Waals surface area contributed by atoms with E-state index in [9.17, 15) is 9.18 Å². The molecule has 0 aliphatic heterocycles. The number of carbonyl (C=O) groups is 1. The van der Waals surface area contributed by atoms with E-state index in [4.69, 9.17) is 0 Å². The number of nitrogens with zero attached hydrogens (tertiary/aromatic N) is 4. The largest absolute Gasteiger partial charge is 0.320 e. The van der Waals surface area contributed by atoms with E-state index < -0.39 is 0 Å². The number of hydrogen-bond acceptors (Lipinski definition) is 3. The zero-order valence-electron chi connectivity index (χ0n) is 13.8. The van der Waals surface area contributed by atoms with E-state index in [1.54, 1.807) is 40.1 Å². The molecule has 3 rings (SSSR count). The molecule has 1 N–H and O–H groups in total. The summed E-state index contributed by atoms with van der Waals surface area (Å²) in [5.41, 5.74) is 2.24.